The Kier molecular flexibility index (Phi) is 4.98. The summed E-state index contributed by atoms with van der Waals surface area (Å²) in [5.41, 5.74) is -0.0422. The number of aromatic amines is 1. The Labute approximate surface area is 162 Å². The summed E-state index contributed by atoms with van der Waals surface area (Å²) in [4.78, 5) is 13.8. The summed E-state index contributed by atoms with van der Waals surface area (Å²) >= 11 is 18.1. The molecule has 2 aromatic carbocycles. The minimum atomic E-state index is -4.21. The highest BCUT2D eigenvalue weighted by atomic mass is 35.5. The lowest BCUT2D eigenvalue weighted by Crippen LogP contribution is -2.14. The number of pyridine rings is 1. The highest BCUT2D eigenvalue weighted by Crippen LogP contribution is 2.26. The van der Waals surface area contributed by atoms with Crippen molar-refractivity contribution in [3.8, 4) is 0 Å². The van der Waals surface area contributed by atoms with Gasteiger partial charge in [0.1, 0.15) is 10.6 Å². The summed E-state index contributed by atoms with van der Waals surface area (Å²) in [7, 11) is -4.21. The van der Waals surface area contributed by atoms with E-state index in [1.807, 2.05) is 0 Å². The predicted octanol–water partition coefficient (Wildman–Crippen LogP) is 4.12. The zero-order chi connectivity index (χ0) is 19.1. The van der Waals surface area contributed by atoms with Crippen LogP contribution < -0.4 is 5.36 Å². The molecule has 10 heteroatoms. The van der Waals surface area contributed by atoms with Crippen LogP contribution in [0.15, 0.2) is 51.8 Å². The van der Waals surface area contributed by atoms with Crippen LogP contribution >= 0.6 is 34.8 Å². The fraction of sp³-hybridized carbons (Fsp3) is 0. The highest BCUT2D eigenvalue weighted by Gasteiger charge is 2.18. The number of halogens is 3. The van der Waals surface area contributed by atoms with Crippen molar-refractivity contribution in [2.45, 2.75) is 4.90 Å². The van der Waals surface area contributed by atoms with Gasteiger partial charge in [-0.2, -0.15) is 12.8 Å². The summed E-state index contributed by atoms with van der Waals surface area (Å²) in [5.74, 6) is -1.30. The van der Waals surface area contributed by atoms with E-state index in [1.54, 1.807) is 6.07 Å². The highest BCUT2D eigenvalue weighted by molar-refractivity contribution is 7.90. The number of aromatic nitrogens is 1. The molecule has 0 aliphatic heterocycles. The Bertz CT molecular complexity index is 1220. The quantitative estimate of drug-likeness (QED) is 0.651. The molecule has 0 bridgehead atoms. The molecule has 2 N–H and O–H groups in total. The summed E-state index contributed by atoms with van der Waals surface area (Å²) in [6.07, 6.45) is 0. The van der Waals surface area contributed by atoms with Gasteiger partial charge >= 0.3 is 5.97 Å². The van der Waals surface area contributed by atoms with E-state index in [9.17, 15) is 18.3 Å². The largest absolute Gasteiger partial charge is 0.477 e. The fourth-order valence-corrected chi connectivity index (χ4v) is 4.43. The molecule has 0 atom stereocenters. The van der Waals surface area contributed by atoms with Gasteiger partial charge in [-0.25, -0.2) is 4.79 Å². The van der Waals surface area contributed by atoms with Gasteiger partial charge in [0.2, 0.25) is 0 Å². The van der Waals surface area contributed by atoms with Crippen molar-refractivity contribution in [1.29, 1.82) is 0 Å². The lowest BCUT2D eigenvalue weighted by Gasteiger charge is -2.06. The van der Waals surface area contributed by atoms with Gasteiger partial charge in [0.05, 0.1) is 20.9 Å². The molecule has 3 aromatic rings. The zero-order valence-corrected chi connectivity index (χ0v) is 15.8. The maximum absolute atomic E-state index is 12.6. The smallest absolute Gasteiger partial charge is 0.352 e. The van der Waals surface area contributed by atoms with E-state index < -0.39 is 16.0 Å². The van der Waals surface area contributed by atoms with Crippen LogP contribution in [-0.2, 0) is 10.0 Å². The van der Waals surface area contributed by atoms with E-state index in [4.69, 9.17) is 34.8 Å². The van der Waals surface area contributed by atoms with Crippen molar-refractivity contribution in [2.24, 2.45) is 4.40 Å². The van der Waals surface area contributed by atoms with Crippen LogP contribution in [-0.4, -0.2) is 24.5 Å². The van der Waals surface area contributed by atoms with Crippen LogP contribution in [0.2, 0.25) is 15.1 Å². The number of aromatic carboxylic acids is 1. The number of rotatable bonds is 3. The first-order valence-corrected chi connectivity index (χ1v) is 9.57. The Morgan fingerprint density at radius 3 is 2.38 bits per heavy atom. The number of sulfonamides is 1. The molecule has 0 fully saturated rings. The molecule has 0 saturated carbocycles. The van der Waals surface area contributed by atoms with Gasteiger partial charge in [0, 0.05) is 10.4 Å². The topological polar surface area (TPSA) is 99.6 Å². The molecular weight excluding hydrogens is 423 g/mol. The van der Waals surface area contributed by atoms with Crippen LogP contribution in [0.5, 0.6) is 0 Å². The van der Waals surface area contributed by atoms with Gasteiger partial charge < -0.3 is 10.1 Å². The van der Waals surface area contributed by atoms with E-state index in [2.05, 4.69) is 9.38 Å². The number of nitrogens with one attached hydrogen (secondary N) is 1. The normalized spacial score (nSPS) is 12.5. The molecule has 6 nitrogen and oxygen atoms in total. The van der Waals surface area contributed by atoms with Crippen molar-refractivity contribution in [1.82, 2.24) is 4.98 Å². The van der Waals surface area contributed by atoms with Crippen LogP contribution in [0.25, 0.3) is 10.9 Å². The number of fused-ring (bicyclic) bond motifs is 1. The van der Waals surface area contributed by atoms with Crippen molar-refractivity contribution >= 4 is 61.7 Å². The van der Waals surface area contributed by atoms with Gasteiger partial charge in [0.15, 0.2) is 0 Å². The molecule has 1 heterocycles. The average Bonchev–Trinajstić information content (AvgIpc) is 2.53. The lowest BCUT2D eigenvalue weighted by molar-refractivity contribution is 0.0690. The van der Waals surface area contributed by atoms with E-state index in [1.165, 1.54) is 30.3 Å². The van der Waals surface area contributed by atoms with Crippen LogP contribution in [0.3, 0.4) is 0 Å². The monoisotopic (exact) mass is 430 g/mol. The second-order valence-corrected chi connectivity index (χ2v) is 8.00. The summed E-state index contributed by atoms with van der Waals surface area (Å²) in [5, 5.41) is 9.70. The van der Waals surface area contributed by atoms with Gasteiger partial charge in [0.25, 0.3) is 10.0 Å². The second-order valence-electron chi connectivity index (χ2n) is 5.18. The summed E-state index contributed by atoms with van der Waals surface area (Å²) in [6, 6.07) is 9.71. The van der Waals surface area contributed by atoms with Gasteiger partial charge in [-0.15, -0.1) is 0 Å². The Balaban J connectivity index is 2.42. The summed E-state index contributed by atoms with van der Waals surface area (Å²) < 4.78 is 29.1. The first kappa shape index (κ1) is 18.7. The van der Waals surface area contributed by atoms with Crippen LogP contribution in [0.4, 0.5) is 0 Å². The van der Waals surface area contributed by atoms with Gasteiger partial charge in [-0.3, -0.25) is 0 Å². The molecule has 1 aromatic heterocycles. The standard InChI is InChI=1S/C16H9Cl3N2O4S/c17-8-5-10(19)15-11(6-8)20-13(16(22)23)7-12(15)21-26(24,25)14-4-2-1-3-9(14)18/h1-7H,(H,20,21)(H,22,23). The van der Waals surface area contributed by atoms with Crippen molar-refractivity contribution in [3.63, 3.8) is 0 Å². The van der Waals surface area contributed by atoms with Crippen LogP contribution in [0.1, 0.15) is 10.5 Å². The Morgan fingerprint density at radius 1 is 1.04 bits per heavy atom. The third-order valence-electron chi connectivity index (χ3n) is 3.43. The molecule has 26 heavy (non-hydrogen) atoms. The molecule has 0 aliphatic carbocycles. The average molecular weight is 432 g/mol. The molecule has 0 aliphatic rings. The van der Waals surface area contributed by atoms with E-state index in [0.717, 1.165) is 6.07 Å². The molecule has 0 unspecified atom stereocenters. The van der Waals surface area contributed by atoms with Gasteiger partial charge in [-0.05, 0) is 30.3 Å². The minimum Gasteiger partial charge on any atom is -0.477 e. The third kappa shape index (κ3) is 3.57. The molecule has 0 amide bonds. The predicted molar refractivity (Wildman–Crippen MR) is 99.5 cm³/mol. The number of hydrogen-bond acceptors (Lipinski definition) is 3. The van der Waals surface area contributed by atoms with E-state index in [-0.39, 0.29) is 41.9 Å². The number of hydrogen-bond donors (Lipinski definition) is 2. The minimum absolute atomic E-state index is 0.00403. The van der Waals surface area contributed by atoms with Crippen molar-refractivity contribution in [2.75, 3.05) is 0 Å². The molecular formula is C16H9Cl3N2O4S. The first-order chi connectivity index (χ1) is 12.2. The lowest BCUT2D eigenvalue weighted by atomic mass is 10.2. The Hall–Kier alpha value is -2.06. The molecule has 0 saturated heterocycles. The maximum Gasteiger partial charge on any atom is 0.352 e. The number of benzene rings is 2. The molecule has 134 valence electrons. The summed E-state index contributed by atoms with van der Waals surface area (Å²) in [6.45, 7) is 0. The number of nitrogens with zero attached hydrogens (tertiary/aromatic N) is 1. The molecule has 0 radical (unpaired) electrons. The number of carboxylic acids is 1. The molecule has 3 rings (SSSR count). The number of H-pyrrole nitrogens is 1. The van der Waals surface area contributed by atoms with Gasteiger partial charge in [-0.1, -0.05) is 46.9 Å². The Morgan fingerprint density at radius 2 is 1.73 bits per heavy atom. The third-order valence-corrected chi connectivity index (χ3v) is 5.73. The maximum atomic E-state index is 12.6. The van der Waals surface area contributed by atoms with Crippen molar-refractivity contribution in [3.05, 3.63) is 68.6 Å². The van der Waals surface area contributed by atoms with Crippen molar-refractivity contribution < 1.29 is 18.3 Å². The number of carboxylic acid groups (broad SMARTS) is 1. The first-order valence-electron chi connectivity index (χ1n) is 7.00. The van der Waals surface area contributed by atoms with Crippen LogP contribution in [0, 0.1) is 0 Å². The van der Waals surface area contributed by atoms with E-state index in [0.29, 0.717) is 0 Å². The zero-order valence-electron chi connectivity index (χ0n) is 12.7. The number of carbonyl (C=O) groups is 1. The second kappa shape index (κ2) is 6.92. The SMILES string of the molecule is O=C(O)c1c/c(=N/S(=O)(=O)c2ccccc2Cl)c2c(Cl)cc(Cl)cc2[nH]1. The van der Waals surface area contributed by atoms with E-state index >= 15 is 0 Å². The fourth-order valence-electron chi connectivity index (χ4n) is 2.34. The molecule has 0 spiro atoms.